The first kappa shape index (κ1) is 26.8. The quantitative estimate of drug-likeness (QED) is 0.249. The highest BCUT2D eigenvalue weighted by Gasteiger charge is 2.43. The third-order valence-corrected chi connectivity index (χ3v) is 8.36. The van der Waals surface area contributed by atoms with Gasteiger partial charge in [0.2, 0.25) is 0 Å². The van der Waals surface area contributed by atoms with Gasteiger partial charge in [-0.3, -0.25) is 9.80 Å². The Bertz CT molecular complexity index is 1350. The van der Waals surface area contributed by atoms with Crippen LogP contribution in [0, 0.1) is 5.41 Å². The number of thiophene rings is 1. The molecule has 0 bridgehead atoms. The van der Waals surface area contributed by atoms with E-state index in [4.69, 9.17) is 8.42 Å². The number of likely N-dealkylation sites (tertiary alicyclic amines) is 2. The molecule has 3 aromatic heterocycles. The van der Waals surface area contributed by atoms with Gasteiger partial charge in [0.15, 0.2) is 10.9 Å². The normalized spacial score (nSPS) is 19.8. The Morgan fingerprint density at radius 2 is 1.55 bits per heavy atom. The molecule has 0 radical (unpaired) electrons. The Labute approximate surface area is 229 Å². The number of imidazole rings is 2. The van der Waals surface area contributed by atoms with Crippen LogP contribution in [0.15, 0.2) is 60.5 Å². The minimum Gasteiger partial charge on any atom is -0.348 e. The molecule has 2 aliphatic heterocycles. The lowest BCUT2D eigenvalue weighted by Gasteiger charge is -2.25. The second kappa shape index (κ2) is 12.4. The first-order chi connectivity index (χ1) is 18.5. The van der Waals surface area contributed by atoms with E-state index in [2.05, 4.69) is 70.6 Å². The number of aromatic nitrogens is 4. The van der Waals surface area contributed by atoms with Crippen LogP contribution in [0.1, 0.15) is 46.1 Å². The minimum atomic E-state index is -2.62. The third-order valence-electron chi connectivity index (χ3n) is 7.50. The second-order valence-corrected chi connectivity index (χ2v) is 11.9. The SMILES string of the molecule is N[SH](=O)=O.c1csc(CN2CCC3(CCN(Cc4ccc(Cc5ncc[nH]5)c(Cc5ncc[nH]5)c4)C3)C2)c1. The number of hydrogen-bond acceptors (Lipinski definition) is 7. The molecule has 1 spiro atoms. The maximum absolute atomic E-state index is 8.81. The monoisotopic (exact) mass is 553 g/mol. The topological polar surface area (TPSA) is 124 Å². The average Bonchev–Trinajstić information content (AvgIpc) is 3.70. The molecule has 0 saturated carbocycles. The van der Waals surface area contributed by atoms with E-state index in [1.165, 1.54) is 60.6 Å². The summed E-state index contributed by atoms with van der Waals surface area (Å²) in [5.74, 6) is 2.01. The molecular formula is C27H35N7O2S2. The maximum atomic E-state index is 8.81. The average molecular weight is 554 g/mol. The lowest BCUT2D eigenvalue weighted by molar-refractivity contribution is 0.235. The molecule has 202 valence electrons. The van der Waals surface area contributed by atoms with E-state index in [1.807, 2.05) is 36.1 Å². The molecule has 1 unspecified atom stereocenters. The van der Waals surface area contributed by atoms with Gasteiger partial charge in [0.25, 0.3) is 0 Å². The van der Waals surface area contributed by atoms with Crippen LogP contribution in [0.25, 0.3) is 0 Å². The number of hydrogen-bond donors (Lipinski definition) is 4. The van der Waals surface area contributed by atoms with Gasteiger partial charge >= 0.3 is 0 Å². The van der Waals surface area contributed by atoms with Crippen LogP contribution in [0.4, 0.5) is 0 Å². The summed E-state index contributed by atoms with van der Waals surface area (Å²) in [6.45, 7) is 7.05. The zero-order chi connectivity index (χ0) is 26.4. The molecule has 4 N–H and O–H groups in total. The molecule has 5 heterocycles. The van der Waals surface area contributed by atoms with Gasteiger partial charge in [-0.25, -0.2) is 23.5 Å². The van der Waals surface area contributed by atoms with Crippen molar-refractivity contribution in [1.29, 1.82) is 0 Å². The summed E-state index contributed by atoms with van der Waals surface area (Å²) in [5, 5.41) is 6.26. The van der Waals surface area contributed by atoms with Gasteiger partial charge < -0.3 is 9.97 Å². The van der Waals surface area contributed by atoms with Crippen LogP contribution >= 0.6 is 11.3 Å². The lowest BCUT2D eigenvalue weighted by Crippen LogP contribution is -2.30. The first-order valence-electron chi connectivity index (χ1n) is 12.9. The van der Waals surface area contributed by atoms with E-state index in [1.54, 1.807) is 0 Å². The molecule has 9 nitrogen and oxygen atoms in total. The molecule has 6 rings (SSSR count). The zero-order valence-corrected chi connectivity index (χ0v) is 23.1. The van der Waals surface area contributed by atoms with Crippen LogP contribution in [0.3, 0.4) is 0 Å². The van der Waals surface area contributed by atoms with E-state index in [9.17, 15) is 0 Å². The molecule has 11 heteroatoms. The third kappa shape index (κ3) is 7.17. The molecule has 0 aliphatic carbocycles. The molecule has 38 heavy (non-hydrogen) atoms. The summed E-state index contributed by atoms with van der Waals surface area (Å²) in [5.41, 5.74) is 4.53. The second-order valence-electron chi connectivity index (χ2n) is 10.3. The highest BCUT2D eigenvalue weighted by molar-refractivity contribution is 7.69. The van der Waals surface area contributed by atoms with Gasteiger partial charge in [-0.05, 0) is 59.5 Å². The first-order valence-corrected chi connectivity index (χ1v) is 15.0. The van der Waals surface area contributed by atoms with Crippen LogP contribution in [-0.4, -0.2) is 64.3 Å². The van der Waals surface area contributed by atoms with Gasteiger partial charge in [0.1, 0.15) is 11.6 Å². The fraction of sp³-hybridized carbons (Fsp3) is 0.407. The van der Waals surface area contributed by atoms with Crippen molar-refractivity contribution in [3.8, 4) is 0 Å². The number of rotatable bonds is 8. The van der Waals surface area contributed by atoms with Gasteiger partial charge in [0.05, 0.1) is 0 Å². The Balaban J connectivity index is 0.000000689. The number of nitrogens with two attached hydrogens (primary N) is 1. The van der Waals surface area contributed by atoms with Gasteiger partial charge in [0, 0.05) is 68.7 Å². The fourth-order valence-electron chi connectivity index (χ4n) is 5.80. The van der Waals surface area contributed by atoms with Crippen molar-refractivity contribution in [3.05, 3.63) is 93.7 Å². The van der Waals surface area contributed by atoms with Crippen molar-refractivity contribution in [2.75, 3.05) is 26.2 Å². The molecule has 0 amide bonds. The highest BCUT2D eigenvalue weighted by Crippen LogP contribution is 2.40. The van der Waals surface area contributed by atoms with E-state index < -0.39 is 10.9 Å². The van der Waals surface area contributed by atoms with E-state index >= 15 is 0 Å². The molecule has 1 aromatic carbocycles. The molecule has 2 saturated heterocycles. The minimum absolute atomic E-state index is 0.480. The van der Waals surface area contributed by atoms with Crippen molar-refractivity contribution >= 4 is 22.2 Å². The number of thiol groups is 1. The maximum Gasteiger partial charge on any atom is 0.198 e. The van der Waals surface area contributed by atoms with Crippen LogP contribution in [-0.2, 0) is 36.8 Å². The van der Waals surface area contributed by atoms with E-state index in [0.717, 1.165) is 37.6 Å². The standard InChI is InChI=1S/C27H32N6S.H3NO2S/c1-2-24(34-13-1)18-33-12-6-27(20-33)5-11-32(19-27)17-21-3-4-22(15-25-28-7-8-29-25)23(14-21)16-26-30-9-10-31-26;1-4(2)3/h1-4,7-10,13-14H,5-6,11-12,15-20H2,(H,28,29)(H,30,31);4H,(H2,1,2,3). The van der Waals surface area contributed by atoms with Gasteiger partial charge in [-0.15, -0.1) is 11.3 Å². The Hall–Kier alpha value is -2.83. The zero-order valence-electron chi connectivity index (χ0n) is 21.4. The molecule has 2 aliphatic rings. The summed E-state index contributed by atoms with van der Waals surface area (Å²) in [4.78, 5) is 22.2. The predicted molar refractivity (Wildman–Crippen MR) is 150 cm³/mol. The fourth-order valence-corrected chi connectivity index (χ4v) is 6.55. The number of aromatic amines is 2. The number of nitrogens with zero attached hydrogens (tertiary/aromatic N) is 4. The lowest BCUT2D eigenvalue weighted by atomic mass is 9.86. The van der Waals surface area contributed by atoms with Crippen LogP contribution in [0.2, 0.25) is 0 Å². The van der Waals surface area contributed by atoms with Crippen molar-refractivity contribution in [2.45, 2.75) is 38.8 Å². The summed E-state index contributed by atoms with van der Waals surface area (Å²) >= 11 is 1.88. The van der Waals surface area contributed by atoms with Crippen molar-refractivity contribution in [2.24, 2.45) is 10.6 Å². The molecular weight excluding hydrogens is 518 g/mol. The van der Waals surface area contributed by atoms with E-state index in [-0.39, 0.29) is 0 Å². The number of benzene rings is 1. The van der Waals surface area contributed by atoms with Gasteiger partial charge in [-0.2, -0.15) is 0 Å². The number of nitrogens with one attached hydrogen (secondary N) is 2. The molecule has 1 atom stereocenters. The predicted octanol–water partition coefficient (Wildman–Crippen LogP) is 2.95. The highest BCUT2D eigenvalue weighted by atomic mass is 32.2. The Morgan fingerprint density at radius 1 is 0.921 bits per heavy atom. The largest absolute Gasteiger partial charge is 0.348 e. The summed E-state index contributed by atoms with van der Waals surface area (Å²) < 4.78 is 17.6. The molecule has 4 aromatic rings. The van der Waals surface area contributed by atoms with Crippen molar-refractivity contribution < 1.29 is 8.42 Å². The Kier molecular flexibility index (Phi) is 8.70. The van der Waals surface area contributed by atoms with Crippen molar-refractivity contribution in [3.63, 3.8) is 0 Å². The summed E-state index contributed by atoms with van der Waals surface area (Å²) in [6, 6.07) is 11.4. The number of H-pyrrole nitrogens is 2. The van der Waals surface area contributed by atoms with Crippen LogP contribution in [0.5, 0.6) is 0 Å². The molecule has 2 fully saturated rings. The summed E-state index contributed by atoms with van der Waals surface area (Å²) in [7, 11) is -2.62. The van der Waals surface area contributed by atoms with E-state index in [0.29, 0.717) is 5.41 Å². The Morgan fingerprint density at radius 3 is 2.13 bits per heavy atom. The van der Waals surface area contributed by atoms with Crippen molar-refractivity contribution in [1.82, 2.24) is 29.7 Å². The van der Waals surface area contributed by atoms with Crippen LogP contribution < -0.4 is 5.14 Å². The smallest absolute Gasteiger partial charge is 0.198 e. The summed E-state index contributed by atoms with van der Waals surface area (Å²) in [6.07, 6.45) is 11.7. The van der Waals surface area contributed by atoms with Gasteiger partial charge in [-0.1, -0.05) is 24.3 Å².